The molecule has 0 aliphatic heterocycles. The second-order valence-corrected chi connectivity index (χ2v) is 4.42. The van der Waals surface area contributed by atoms with Gasteiger partial charge < -0.3 is 16.0 Å². The van der Waals surface area contributed by atoms with Gasteiger partial charge in [0.05, 0.1) is 0 Å². The van der Waals surface area contributed by atoms with Crippen LogP contribution in [0.15, 0.2) is 29.4 Å². The molecule has 0 aliphatic carbocycles. The highest BCUT2D eigenvalue weighted by molar-refractivity contribution is 6.31. The van der Waals surface area contributed by atoms with Crippen molar-refractivity contribution in [2.24, 2.45) is 23.5 Å². The van der Waals surface area contributed by atoms with Gasteiger partial charge in [0.2, 0.25) is 0 Å². The van der Waals surface area contributed by atoms with E-state index in [4.69, 9.17) is 23.1 Å². The van der Waals surface area contributed by atoms with Crippen molar-refractivity contribution < 1.29 is 0 Å². The van der Waals surface area contributed by atoms with Gasteiger partial charge in [-0.05, 0) is 24.1 Å². The Bertz CT molecular complexity index is 567. The molecule has 5 heteroatoms. The van der Waals surface area contributed by atoms with Crippen LogP contribution in [0.4, 0.5) is 0 Å². The third-order valence-corrected chi connectivity index (χ3v) is 2.95. The smallest absolute Gasteiger partial charge is 0.185 e. The zero-order valence-corrected chi connectivity index (χ0v) is 10.4. The number of fused-ring (bicyclic) bond motifs is 1. The number of hydrogen-bond acceptors (Lipinski definition) is 1. The Morgan fingerprint density at radius 2 is 2.18 bits per heavy atom. The van der Waals surface area contributed by atoms with Gasteiger partial charge >= 0.3 is 0 Å². The summed E-state index contributed by atoms with van der Waals surface area (Å²) < 4.78 is 2.06. The lowest BCUT2D eigenvalue weighted by Crippen LogP contribution is -2.23. The van der Waals surface area contributed by atoms with Crippen LogP contribution < -0.4 is 11.5 Å². The molecule has 4 N–H and O–H groups in total. The summed E-state index contributed by atoms with van der Waals surface area (Å²) in [6, 6.07) is 5.89. The van der Waals surface area contributed by atoms with Crippen molar-refractivity contribution in [3.05, 3.63) is 35.0 Å². The van der Waals surface area contributed by atoms with Crippen molar-refractivity contribution in [1.29, 1.82) is 0 Å². The summed E-state index contributed by atoms with van der Waals surface area (Å²) >= 11 is 5.98. The highest BCUT2D eigenvalue weighted by Crippen LogP contribution is 2.24. The second kappa shape index (κ2) is 4.67. The third kappa shape index (κ3) is 2.53. The summed E-state index contributed by atoms with van der Waals surface area (Å²) in [5.41, 5.74) is 12.9. The van der Waals surface area contributed by atoms with Crippen molar-refractivity contribution in [3.8, 4) is 0 Å². The van der Waals surface area contributed by atoms with Gasteiger partial charge in [0.25, 0.3) is 0 Å². The predicted molar refractivity (Wildman–Crippen MR) is 72.3 cm³/mol. The number of aromatic nitrogens is 1. The summed E-state index contributed by atoms with van der Waals surface area (Å²) in [7, 11) is 2.00. The number of benzene rings is 1. The molecule has 0 saturated heterocycles. The fourth-order valence-corrected chi connectivity index (χ4v) is 2.11. The Labute approximate surface area is 105 Å². The highest BCUT2D eigenvalue weighted by atomic mass is 35.5. The minimum atomic E-state index is 0.133. The van der Waals surface area contributed by atoms with Crippen LogP contribution in [0.25, 0.3) is 10.9 Å². The van der Waals surface area contributed by atoms with E-state index in [9.17, 15) is 0 Å². The number of hydrogen-bond donors (Lipinski definition) is 2. The van der Waals surface area contributed by atoms with E-state index in [1.807, 2.05) is 25.2 Å². The third-order valence-electron chi connectivity index (χ3n) is 2.71. The summed E-state index contributed by atoms with van der Waals surface area (Å²) in [5.74, 6) is 0.133. The van der Waals surface area contributed by atoms with E-state index >= 15 is 0 Å². The number of nitrogens with zero attached hydrogens (tertiary/aromatic N) is 2. The van der Waals surface area contributed by atoms with Crippen LogP contribution in [0.5, 0.6) is 0 Å². The van der Waals surface area contributed by atoms with Gasteiger partial charge in [-0.1, -0.05) is 17.7 Å². The summed E-state index contributed by atoms with van der Waals surface area (Å²) in [6.07, 6.45) is 2.90. The SMILES string of the molecule is Cn1cc(CCN=C(N)N)c2ccc(Cl)cc21. The number of halogens is 1. The minimum absolute atomic E-state index is 0.133. The first kappa shape index (κ1) is 11.8. The van der Waals surface area contributed by atoms with Gasteiger partial charge in [0, 0.05) is 35.7 Å². The molecule has 0 atom stereocenters. The Balaban J connectivity index is 2.32. The number of aryl methyl sites for hydroxylation is 1. The van der Waals surface area contributed by atoms with E-state index in [-0.39, 0.29) is 5.96 Å². The molecule has 1 aromatic heterocycles. The molecule has 0 fully saturated rings. The van der Waals surface area contributed by atoms with E-state index < -0.39 is 0 Å². The molecule has 2 aromatic rings. The molecule has 0 aliphatic rings. The molecule has 0 bridgehead atoms. The van der Waals surface area contributed by atoms with Crippen LogP contribution in [0, 0.1) is 0 Å². The summed E-state index contributed by atoms with van der Waals surface area (Å²) in [6.45, 7) is 0.601. The van der Waals surface area contributed by atoms with Crippen molar-refractivity contribution in [3.63, 3.8) is 0 Å². The molecule has 0 radical (unpaired) electrons. The maximum absolute atomic E-state index is 5.98. The van der Waals surface area contributed by atoms with Gasteiger partial charge in [-0.15, -0.1) is 0 Å². The van der Waals surface area contributed by atoms with Crippen LogP contribution in [0.2, 0.25) is 5.02 Å². The van der Waals surface area contributed by atoms with Gasteiger partial charge in [-0.2, -0.15) is 0 Å². The summed E-state index contributed by atoms with van der Waals surface area (Å²) in [4.78, 5) is 3.99. The van der Waals surface area contributed by atoms with Crippen molar-refractivity contribution in [2.45, 2.75) is 6.42 Å². The lowest BCUT2D eigenvalue weighted by molar-refractivity contribution is 0.927. The van der Waals surface area contributed by atoms with E-state index in [2.05, 4.69) is 15.8 Å². The maximum atomic E-state index is 5.98. The van der Waals surface area contributed by atoms with E-state index in [1.54, 1.807) is 0 Å². The average Bonchev–Trinajstić information content (AvgIpc) is 2.55. The van der Waals surface area contributed by atoms with Gasteiger partial charge in [-0.3, -0.25) is 4.99 Å². The van der Waals surface area contributed by atoms with Crippen LogP contribution in [-0.2, 0) is 13.5 Å². The second-order valence-electron chi connectivity index (χ2n) is 3.98. The van der Waals surface area contributed by atoms with Crippen molar-refractivity contribution in [2.75, 3.05) is 6.54 Å². The quantitative estimate of drug-likeness (QED) is 0.642. The largest absolute Gasteiger partial charge is 0.370 e. The lowest BCUT2D eigenvalue weighted by atomic mass is 10.1. The van der Waals surface area contributed by atoms with Crippen molar-refractivity contribution in [1.82, 2.24) is 4.57 Å². The highest BCUT2D eigenvalue weighted by Gasteiger charge is 2.06. The van der Waals surface area contributed by atoms with Gasteiger partial charge in [0.1, 0.15) is 0 Å². The fraction of sp³-hybridized carbons (Fsp3) is 0.250. The Morgan fingerprint density at radius 1 is 1.41 bits per heavy atom. The van der Waals surface area contributed by atoms with Crippen LogP contribution in [-0.4, -0.2) is 17.1 Å². The van der Waals surface area contributed by atoms with Crippen molar-refractivity contribution >= 4 is 28.5 Å². The normalized spacial score (nSPS) is 10.7. The molecule has 1 aromatic carbocycles. The topological polar surface area (TPSA) is 69.3 Å². The number of nitrogens with two attached hydrogens (primary N) is 2. The standard InChI is InChI=1S/C12H15ClN4/c1-17-7-8(4-5-16-12(14)15)10-3-2-9(13)6-11(10)17/h2-3,6-7H,4-5H2,1H3,(H4,14,15,16). The molecule has 1 heterocycles. The molecule has 0 unspecified atom stereocenters. The van der Waals surface area contributed by atoms with E-state index in [0.717, 1.165) is 17.0 Å². The Morgan fingerprint density at radius 3 is 2.88 bits per heavy atom. The average molecular weight is 251 g/mol. The molecule has 4 nitrogen and oxygen atoms in total. The molecule has 0 spiro atoms. The molecule has 2 rings (SSSR count). The number of aliphatic imine (C=N–C) groups is 1. The molecule has 0 amide bonds. The van der Waals surface area contributed by atoms with Gasteiger partial charge in [0.15, 0.2) is 5.96 Å². The molecule has 0 saturated carbocycles. The monoisotopic (exact) mass is 250 g/mol. The zero-order chi connectivity index (χ0) is 12.4. The minimum Gasteiger partial charge on any atom is -0.370 e. The van der Waals surface area contributed by atoms with Gasteiger partial charge in [-0.25, -0.2) is 0 Å². The van der Waals surface area contributed by atoms with Crippen LogP contribution in [0.3, 0.4) is 0 Å². The Kier molecular flexibility index (Phi) is 3.24. The Hall–Kier alpha value is -1.68. The number of guanidine groups is 1. The maximum Gasteiger partial charge on any atom is 0.185 e. The number of rotatable bonds is 3. The molecule has 17 heavy (non-hydrogen) atoms. The van der Waals surface area contributed by atoms with Crippen LogP contribution >= 0.6 is 11.6 Å². The zero-order valence-electron chi connectivity index (χ0n) is 9.65. The lowest BCUT2D eigenvalue weighted by Gasteiger charge is -1.97. The molecular formula is C12H15ClN4. The van der Waals surface area contributed by atoms with E-state index in [1.165, 1.54) is 10.9 Å². The van der Waals surface area contributed by atoms with Crippen LogP contribution in [0.1, 0.15) is 5.56 Å². The van der Waals surface area contributed by atoms with E-state index in [0.29, 0.717) is 6.54 Å². The predicted octanol–water partition coefficient (Wildman–Crippen LogP) is 1.65. The summed E-state index contributed by atoms with van der Waals surface area (Å²) in [5, 5.41) is 1.94. The first-order valence-electron chi connectivity index (χ1n) is 5.37. The molecular weight excluding hydrogens is 236 g/mol. The first-order chi connectivity index (χ1) is 8.08. The fourth-order valence-electron chi connectivity index (χ4n) is 1.95. The first-order valence-corrected chi connectivity index (χ1v) is 5.74. The molecule has 90 valence electrons.